The van der Waals surface area contributed by atoms with E-state index < -0.39 is 0 Å². The van der Waals surface area contributed by atoms with E-state index in [9.17, 15) is 4.79 Å². The Morgan fingerprint density at radius 1 is 1.44 bits per heavy atom. The van der Waals surface area contributed by atoms with Crippen molar-refractivity contribution in [3.8, 4) is 0 Å². The van der Waals surface area contributed by atoms with Gasteiger partial charge in [-0.25, -0.2) is 0 Å². The number of nitrogens with one attached hydrogen (secondary N) is 1. The van der Waals surface area contributed by atoms with Gasteiger partial charge in [-0.05, 0) is 37.0 Å². The van der Waals surface area contributed by atoms with E-state index in [1.807, 2.05) is 24.3 Å². The highest BCUT2D eigenvalue weighted by Gasteiger charge is 2.43. The van der Waals surface area contributed by atoms with Gasteiger partial charge in [0.25, 0.3) is 0 Å². The van der Waals surface area contributed by atoms with Gasteiger partial charge in [0.2, 0.25) is 0 Å². The van der Waals surface area contributed by atoms with Gasteiger partial charge in [-0.1, -0.05) is 28.1 Å². The van der Waals surface area contributed by atoms with Gasteiger partial charge in [0, 0.05) is 16.6 Å². The molecule has 0 aromatic heterocycles. The number of ether oxygens (including phenoxy) is 1. The van der Waals surface area contributed by atoms with Crippen LogP contribution in [0.15, 0.2) is 28.7 Å². The smallest absolute Gasteiger partial charge is 0.310 e. The van der Waals surface area contributed by atoms with E-state index in [2.05, 4.69) is 21.2 Å². The zero-order valence-corrected chi connectivity index (χ0v) is 11.7. The molecule has 1 N–H and O–H groups in total. The van der Waals surface area contributed by atoms with Gasteiger partial charge >= 0.3 is 5.97 Å². The minimum atomic E-state index is -0.0466. The second kappa shape index (κ2) is 5.02. The predicted octanol–water partition coefficient (Wildman–Crippen LogP) is 2.63. The summed E-state index contributed by atoms with van der Waals surface area (Å²) in [6, 6.07) is 8.75. The van der Waals surface area contributed by atoms with Crippen LogP contribution in [0.1, 0.15) is 24.8 Å². The molecule has 1 aromatic rings. The van der Waals surface area contributed by atoms with Crippen molar-refractivity contribution in [2.24, 2.45) is 5.92 Å². The number of esters is 1. The standard InChI is InChI=1S/C14H16BrNO2/c15-10-3-1-2-9(6-10)8-18-14(17)12-7-11-4-5-13(12)16-11/h1-3,6,11-13,16H,4-5,7-8H2. The fourth-order valence-electron chi connectivity index (χ4n) is 2.97. The first-order valence-electron chi connectivity index (χ1n) is 6.39. The number of hydrogen-bond donors (Lipinski definition) is 1. The minimum Gasteiger partial charge on any atom is -0.461 e. The summed E-state index contributed by atoms with van der Waals surface area (Å²) in [4.78, 5) is 12.0. The maximum atomic E-state index is 12.0. The third-order valence-corrected chi connectivity index (χ3v) is 4.37. The number of halogens is 1. The van der Waals surface area contributed by atoms with E-state index in [4.69, 9.17) is 4.74 Å². The molecule has 2 fully saturated rings. The third kappa shape index (κ3) is 2.45. The van der Waals surface area contributed by atoms with Gasteiger partial charge in [0.1, 0.15) is 6.61 Å². The summed E-state index contributed by atoms with van der Waals surface area (Å²) in [6.07, 6.45) is 3.27. The van der Waals surface area contributed by atoms with Gasteiger partial charge in [0.15, 0.2) is 0 Å². The molecule has 2 heterocycles. The number of carbonyl (C=O) groups excluding carboxylic acids is 1. The van der Waals surface area contributed by atoms with Crippen molar-refractivity contribution in [3.05, 3.63) is 34.3 Å². The zero-order valence-electron chi connectivity index (χ0n) is 10.1. The summed E-state index contributed by atoms with van der Waals surface area (Å²) in [5.41, 5.74) is 1.02. The van der Waals surface area contributed by atoms with Gasteiger partial charge in [-0.3, -0.25) is 4.79 Å². The first-order chi connectivity index (χ1) is 8.72. The molecular weight excluding hydrogens is 294 g/mol. The molecule has 3 atom stereocenters. The SMILES string of the molecule is O=C(OCc1cccc(Br)c1)C1CC2CCC1N2. The molecule has 2 saturated heterocycles. The number of rotatable bonds is 3. The van der Waals surface area contributed by atoms with Crippen LogP contribution in [0.5, 0.6) is 0 Å². The van der Waals surface area contributed by atoms with E-state index in [0.29, 0.717) is 18.7 Å². The molecule has 1 aromatic carbocycles. The Bertz CT molecular complexity index is 463. The second-order valence-corrected chi connectivity index (χ2v) is 6.04. The van der Waals surface area contributed by atoms with Crippen LogP contribution in [0.3, 0.4) is 0 Å². The fourth-order valence-corrected chi connectivity index (χ4v) is 3.42. The Labute approximate surface area is 115 Å². The molecule has 2 bridgehead atoms. The van der Waals surface area contributed by atoms with Crippen LogP contribution in [-0.2, 0) is 16.1 Å². The van der Waals surface area contributed by atoms with E-state index in [0.717, 1.165) is 22.9 Å². The van der Waals surface area contributed by atoms with Gasteiger partial charge < -0.3 is 10.1 Å². The van der Waals surface area contributed by atoms with E-state index in [-0.39, 0.29) is 11.9 Å². The Balaban J connectivity index is 1.56. The van der Waals surface area contributed by atoms with E-state index >= 15 is 0 Å². The summed E-state index contributed by atoms with van der Waals surface area (Å²) in [5, 5.41) is 3.46. The molecule has 3 nitrogen and oxygen atoms in total. The predicted molar refractivity (Wildman–Crippen MR) is 72.0 cm³/mol. The molecule has 3 rings (SSSR count). The van der Waals surface area contributed by atoms with Crippen LogP contribution in [0.2, 0.25) is 0 Å². The molecule has 0 amide bonds. The highest BCUT2D eigenvalue weighted by atomic mass is 79.9. The Morgan fingerprint density at radius 2 is 2.33 bits per heavy atom. The second-order valence-electron chi connectivity index (χ2n) is 5.13. The highest BCUT2D eigenvalue weighted by molar-refractivity contribution is 9.10. The molecule has 4 heteroatoms. The zero-order chi connectivity index (χ0) is 12.5. The summed E-state index contributed by atoms with van der Waals surface area (Å²) in [6.45, 7) is 0.367. The lowest BCUT2D eigenvalue weighted by molar-refractivity contribution is -0.150. The average molecular weight is 310 g/mol. The highest BCUT2D eigenvalue weighted by Crippen LogP contribution is 2.34. The quantitative estimate of drug-likeness (QED) is 0.872. The van der Waals surface area contributed by atoms with E-state index in [1.54, 1.807) is 0 Å². The van der Waals surface area contributed by atoms with Crippen molar-refractivity contribution in [2.45, 2.75) is 38.0 Å². The normalized spacial score (nSPS) is 29.5. The molecule has 18 heavy (non-hydrogen) atoms. The molecule has 2 aliphatic rings. The topological polar surface area (TPSA) is 38.3 Å². The van der Waals surface area contributed by atoms with Crippen molar-refractivity contribution in [1.82, 2.24) is 5.32 Å². The molecule has 0 radical (unpaired) electrons. The van der Waals surface area contributed by atoms with E-state index in [1.165, 1.54) is 6.42 Å². The molecule has 0 saturated carbocycles. The first kappa shape index (κ1) is 12.2. The van der Waals surface area contributed by atoms with Crippen LogP contribution >= 0.6 is 15.9 Å². The van der Waals surface area contributed by atoms with Crippen LogP contribution in [-0.4, -0.2) is 18.1 Å². The Kier molecular flexibility index (Phi) is 3.39. The summed E-state index contributed by atoms with van der Waals surface area (Å²) < 4.78 is 6.43. The molecule has 2 aliphatic heterocycles. The van der Waals surface area contributed by atoms with Crippen molar-refractivity contribution in [3.63, 3.8) is 0 Å². The number of carbonyl (C=O) groups is 1. The van der Waals surface area contributed by atoms with Crippen molar-refractivity contribution in [2.75, 3.05) is 0 Å². The van der Waals surface area contributed by atoms with Crippen LogP contribution in [0.25, 0.3) is 0 Å². The Hall–Kier alpha value is -0.870. The van der Waals surface area contributed by atoms with Gasteiger partial charge in [-0.15, -0.1) is 0 Å². The fraction of sp³-hybridized carbons (Fsp3) is 0.500. The lowest BCUT2D eigenvalue weighted by Gasteiger charge is -2.18. The van der Waals surface area contributed by atoms with Gasteiger partial charge in [-0.2, -0.15) is 0 Å². The number of fused-ring (bicyclic) bond motifs is 2. The minimum absolute atomic E-state index is 0.0466. The summed E-state index contributed by atoms with van der Waals surface area (Å²) >= 11 is 3.41. The van der Waals surface area contributed by atoms with Crippen LogP contribution in [0.4, 0.5) is 0 Å². The molecule has 0 spiro atoms. The maximum absolute atomic E-state index is 12.0. The average Bonchev–Trinajstić information content (AvgIpc) is 2.98. The Morgan fingerprint density at radius 3 is 3.00 bits per heavy atom. The van der Waals surface area contributed by atoms with Crippen LogP contribution in [0, 0.1) is 5.92 Å². The lowest BCUT2D eigenvalue weighted by atomic mass is 9.89. The van der Waals surface area contributed by atoms with Gasteiger partial charge in [0.05, 0.1) is 5.92 Å². The van der Waals surface area contributed by atoms with Crippen LogP contribution < -0.4 is 5.32 Å². The lowest BCUT2D eigenvalue weighted by Crippen LogP contribution is -2.30. The van der Waals surface area contributed by atoms with Crippen molar-refractivity contribution < 1.29 is 9.53 Å². The number of benzene rings is 1. The van der Waals surface area contributed by atoms with Crippen molar-refractivity contribution in [1.29, 1.82) is 0 Å². The largest absolute Gasteiger partial charge is 0.461 e. The number of hydrogen-bond acceptors (Lipinski definition) is 3. The summed E-state index contributed by atoms with van der Waals surface area (Å²) in [5.74, 6) is 0.0191. The molecule has 96 valence electrons. The molecule has 0 aliphatic carbocycles. The third-order valence-electron chi connectivity index (χ3n) is 3.87. The molecular formula is C14H16BrNO2. The first-order valence-corrected chi connectivity index (χ1v) is 7.19. The monoisotopic (exact) mass is 309 g/mol. The summed E-state index contributed by atoms with van der Waals surface area (Å²) in [7, 11) is 0. The molecule has 3 unspecified atom stereocenters. The van der Waals surface area contributed by atoms with Crippen molar-refractivity contribution >= 4 is 21.9 Å². The maximum Gasteiger partial charge on any atom is 0.310 e.